The Morgan fingerprint density at radius 1 is 1.00 bits per heavy atom. The second-order valence-corrected chi connectivity index (χ2v) is 9.86. The molecule has 1 atom stereocenters. The Hall–Kier alpha value is -3.76. The van der Waals surface area contributed by atoms with Gasteiger partial charge >= 0.3 is 5.97 Å². The van der Waals surface area contributed by atoms with Crippen molar-refractivity contribution in [1.82, 2.24) is 4.98 Å². The maximum absolute atomic E-state index is 13.3. The van der Waals surface area contributed by atoms with Crippen LogP contribution in [0.3, 0.4) is 0 Å². The number of thiazole rings is 1. The molecule has 3 aromatic carbocycles. The Labute approximate surface area is 221 Å². The average Bonchev–Trinajstić information content (AvgIpc) is 3.38. The molecule has 4 aromatic rings. The molecule has 0 fully saturated rings. The number of nitrogens with zero attached hydrogens (tertiary/aromatic N) is 2. The average molecular weight is 540 g/mol. The van der Waals surface area contributed by atoms with Gasteiger partial charge in [0, 0.05) is 5.38 Å². The van der Waals surface area contributed by atoms with Gasteiger partial charge < -0.3 is 15.3 Å². The van der Waals surface area contributed by atoms with Gasteiger partial charge in [-0.1, -0.05) is 108 Å². The summed E-state index contributed by atoms with van der Waals surface area (Å²) in [6.07, 6.45) is 0.562. The first-order valence-electron chi connectivity index (χ1n) is 11.2. The summed E-state index contributed by atoms with van der Waals surface area (Å²) in [5, 5.41) is 17.0. The Morgan fingerprint density at radius 3 is 1.97 bits per heavy atom. The molecule has 0 saturated heterocycles. The topological polar surface area (TPSA) is 83.8 Å². The number of carboxylic acids is 1. The maximum Gasteiger partial charge on any atom is 0.350 e. The molecule has 0 bridgehead atoms. The summed E-state index contributed by atoms with van der Waals surface area (Å²) in [4.78, 5) is 20.2. The molecule has 0 saturated carbocycles. The predicted molar refractivity (Wildman–Crippen MR) is 143 cm³/mol. The standard InChI is InChI=1S/C27H23F2N3O3S2/c28-25(29)37-23(17-35-30-16-24(33)34)22-18-36-26(31-22)32-27(19-10-4-1-5-11-19,20-12-6-2-7-13-20)21-14-8-3-9-15-21/h1-16,18,23,25H,17H2,(H,31,32)(H,33,34). The zero-order valence-corrected chi connectivity index (χ0v) is 21.0. The first-order valence-corrected chi connectivity index (χ1v) is 13.0. The quantitative estimate of drug-likeness (QED) is 0.119. The highest BCUT2D eigenvalue weighted by molar-refractivity contribution is 7.99. The van der Waals surface area contributed by atoms with Gasteiger partial charge in [0.25, 0.3) is 5.76 Å². The van der Waals surface area contributed by atoms with E-state index in [0.717, 1.165) is 16.7 Å². The van der Waals surface area contributed by atoms with Gasteiger partial charge in [0.05, 0.1) is 10.9 Å². The number of carboxylic acid groups (broad SMARTS) is 1. The highest BCUT2D eigenvalue weighted by Gasteiger charge is 2.37. The Morgan fingerprint density at radius 2 is 1.51 bits per heavy atom. The highest BCUT2D eigenvalue weighted by atomic mass is 32.2. The van der Waals surface area contributed by atoms with Crippen LogP contribution in [0.2, 0.25) is 0 Å². The zero-order chi connectivity index (χ0) is 26.1. The van der Waals surface area contributed by atoms with Crippen molar-refractivity contribution in [2.75, 3.05) is 11.9 Å². The third-order valence-electron chi connectivity index (χ3n) is 5.50. The molecule has 190 valence electrons. The second kappa shape index (κ2) is 12.5. The molecule has 1 aromatic heterocycles. The van der Waals surface area contributed by atoms with Crippen molar-refractivity contribution in [3.8, 4) is 0 Å². The number of alkyl halides is 2. The van der Waals surface area contributed by atoms with E-state index in [9.17, 15) is 13.6 Å². The van der Waals surface area contributed by atoms with Crippen molar-refractivity contribution >= 4 is 40.4 Å². The minimum atomic E-state index is -2.67. The normalized spacial score (nSPS) is 12.5. The number of anilines is 1. The van der Waals surface area contributed by atoms with E-state index in [-0.39, 0.29) is 6.61 Å². The van der Waals surface area contributed by atoms with Crippen LogP contribution in [0.1, 0.15) is 27.6 Å². The smallest absolute Gasteiger partial charge is 0.350 e. The zero-order valence-electron chi connectivity index (χ0n) is 19.4. The molecule has 1 unspecified atom stereocenters. The third kappa shape index (κ3) is 6.52. The van der Waals surface area contributed by atoms with E-state index in [2.05, 4.69) is 15.5 Å². The van der Waals surface area contributed by atoms with Gasteiger partial charge in [0.1, 0.15) is 12.1 Å². The van der Waals surface area contributed by atoms with E-state index in [4.69, 9.17) is 9.94 Å². The number of hydrogen-bond acceptors (Lipinski definition) is 7. The number of thioether (sulfide) groups is 1. The van der Waals surface area contributed by atoms with Crippen LogP contribution in [0.5, 0.6) is 0 Å². The monoisotopic (exact) mass is 539 g/mol. The van der Waals surface area contributed by atoms with Gasteiger partial charge in [-0.2, -0.15) is 8.78 Å². The Balaban J connectivity index is 1.74. The molecule has 0 aliphatic carbocycles. The van der Waals surface area contributed by atoms with E-state index in [1.807, 2.05) is 91.0 Å². The minimum Gasteiger partial charge on any atom is -0.477 e. The number of benzene rings is 3. The van der Waals surface area contributed by atoms with Gasteiger partial charge in [0.15, 0.2) is 11.3 Å². The largest absolute Gasteiger partial charge is 0.477 e. The molecule has 0 aliphatic heterocycles. The van der Waals surface area contributed by atoms with Crippen LogP contribution in [0.25, 0.3) is 0 Å². The molecular weight excluding hydrogens is 516 g/mol. The molecule has 6 nitrogen and oxygen atoms in total. The Kier molecular flexibility index (Phi) is 8.86. The van der Waals surface area contributed by atoms with E-state index in [1.165, 1.54) is 11.3 Å². The van der Waals surface area contributed by atoms with Crippen LogP contribution >= 0.6 is 23.1 Å². The molecule has 4 rings (SSSR count). The molecule has 0 spiro atoms. The maximum atomic E-state index is 13.3. The van der Waals surface area contributed by atoms with Crippen LogP contribution in [-0.2, 0) is 15.2 Å². The van der Waals surface area contributed by atoms with Crippen LogP contribution in [-0.4, -0.2) is 34.6 Å². The van der Waals surface area contributed by atoms with E-state index >= 15 is 0 Å². The van der Waals surface area contributed by atoms with Crippen molar-refractivity contribution < 1.29 is 23.5 Å². The second-order valence-electron chi connectivity index (χ2n) is 7.80. The van der Waals surface area contributed by atoms with E-state index < -0.39 is 22.5 Å². The van der Waals surface area contributed by atoms with Crippen molar-refractivity contribution in [2.24, 2.45) is 5.16 Å². The fraction of sp³-hybridized carbons (Fsp3) is 0.148. The number of aliphatic carboxylic acids is 1. The van der Waals surface area contributed by atoms with Gasteiger partial charge in [0.2, 0.25) is 0 Å². The lowest BCUT2D eigenvalue weighted by Crippen LogP contribution is -2.38. The first-order chi connectivity index (χ1) is 18.0. The molecule has 10 heteroatoms. The highest BCUT2D eigenvalue weighted by Crippen LogP contribution is 2.42. The van der Waals surface area contributed by atoms with Crippen LogP contribution < -0.4 is 5.32 Å². The van der Waals surface area contributed by atoms with Crippen molar-refractivity contribution in [3.63, 3.8) is 0 Å². The summed E-state index contributed by atoms with van der Waals surface area (Å²) >= 11 is 1.66. The fourth-order valence-corrected chi connectivity index (χ4v) is 5.50. The molecule has 37 heavy (non-hydrogen) atoms. The SMILES string of the molecule is O=C(O)C=NOCC(SC(F)F)c1csc(NC(c2ccccc2)(c2ccccc2)c2ccccc2)n1. The lowest BCUT2D eigenvalue weighted by molar-refractivity contribution is -0.129. The van der Waals surface area contributed by atoms with Crippen LogP contribution in [0.15, 0.2) is 102 Å². The molecule has 0 aliphatic rings. The molecule has 2 N–H and O–H groups in total. The number of hydrogen-bond donors (Lipinski definition) is 2. The number of nitrogens with one attached hydrogen (secondary N) is 1. The lowest BCUT2D eigenvalue weighted by Gasteiger charge is -2.36. The van der Waals surface area contributed by atoms with Gasteiger partial charge in [-0.15, -0.1) is 11.3 Å². The Bertz CT molecular complexity index is 1210. The third-order valence-corrected chi connectivity index (χ3v) is 7.19. The number of halogens is 2. The van der Waals surface area contributed by atoms with E-state index in [0.29, 0.717) is 28.8 Å². The molecule has 0 amide bonds. The van der Waals surface area contributed by atoms with Crippen LogP contribution in [0.4, 0.5) is 13.9 Å². The van der Waals surface area contributed by atoms with Crippen LogP contribution in [0, 0.1) is 0 Å². The van der Waals surface area contributed by atoms with Gasteiger partial charge in [-0.3, -0.25) is 0 Å². The number of carbonyl (C=O) groups is 1. The summed E-state index contributed by atoms with van der Waals surface area (Å²) in [6, 6.07) is 29.9. The molecular formula is C27H23F2N3O3S2. The predicted octanol–water partition coefficient (Wildman–Crippen LogP) is 6.63. The first kappa shape index (κ1) is 26.3. The van der Waals surface area contributed by atoms with Gasteiger partial charge in [-0.25, -0.2) is 9.78 Å². The summed E-state index contributed by atoms with van der Waals surface area (Å²) in [5.41, 5.74) is 2.51. The molecule has 0 radical (unpaired) electrons. The number of rotatable bonds is 12. The van der Waals surface area contributed by atoms with Crippen molar-refractivity contribution in [2.45, 2.75) is 16.5 Å². The summed E-state index contributed by atoms with van der Waals surface area (Å²) < 4.78 is 26.6. The number of aromatic nitrogens is 1. The molecule has 1 heterocycles. The number of oxime groups is 1. The van der Waals surface area contributed by atoms with Crippen molar-refractivity contribution in [3.05, 3.63) is 119 Å². The van der Waals surface area contributed by atoms with Crippen molar-refractivity contribution in [1.29, 1.82) is 0 Å². The minimum absolute atomic E-state index is 0.261. The van der Waals surface area contributed by atoms with Gasteiger partial charge in [-0.05, 0) is 16.7 Å². The lowest BCUT2D eigenvalue weighted by atomic mass is 9.77. The summed E-state index contributed by atoms with van der Waals surface area (Å²) in [6.45, 7) is -0.261. The fourth-order valence-electron chi connectivity index (χ4n) is 3.94. The summed E-state index contributed by atoms with van der Waals surface area (Å²) in [7, 11) is 0. The van der Waals surface area contributed by atoms with E-state index in [1.54, 1.807) is 5.38 Å². The summed E-state index contributed by atoms with van der Waals surface area (Å²) in [5.74, 6) is -3.97.